The first-order valence-corrected chi connectivity index (χ1v) is 10.1. The minimum atomic E-state index is 0.0519. The summed E-state index contributed by atoms with van der Waals surface area (Å²) in [5.41, 5.74) is 4.87. The van der Waals surface area contributed by atoms with Crippen molar-refractivity contribution in [2.45, 2.75) is 6.54 Å². The third-order valence-corrected chi connectivity index (χ3v) is 5.28. The molecule has 0 saturated carbocycles. The molecule has 0 aromatic heterocycles. The van der Waals surface area contributed by atoms with Gasteiger partial charge in [0.2, 0.25) is 0 Å². The molecule has 32 heavy (non-hydrogen) atoms. The predicted octanol–water partition coefficient (Wildman–Crippen LogP) is 4.18. The monoisotopic (exact) mass is 410 g/mol. The van der Waals surface area contributed by atoms with Gasteiger partial charge in [-0.15, -0.1) is 0 Å². The fourth-order valence-corrected chi connectivity index (χ4v) is 3.66. The number of rotatable bonds is 3. The van der Waals surface area contributed by atoms with Crippen LogP contribution in [0.2, 0.25) is 0 Å². The molecule has 150 valence electrons. The number of fused-ring (bicyclic) bond motifs is 1. The van der Waals surface area contributed by atoms with Gasteiger partial charge in [-0.1, -0.05) is 72.8 Å². The zero-order chi connectivity index (χ0) is 22.3. The van der Waals surface area contributed by atoms with Crippen LogP contribution in [0.15, 0.2) is 97.2 Å². The molecule has 0 N–H and O–H groups in total. The number of para-hydroxylation sites is 1. The van der Waals surface area contributed by atoms with Crippen LogP contribution in [-0.2, 0) is 6.54 Å². The molecule has 0 bridgehead atoms. The molecular weight excluding hydrogens is 392 g/mol. The summed E-state index contributed by atoms with van der Waals surface area (Å²) in [6, 6.07) is 31.4. The number of allylic oxidation sites excluding steroid dienone is 3. The van der Waals surface area contributed by atoms with Gasteiger partial charge in [0.05, 0.1) is 11.6 Å². The maximum atomic E-state index is 9.80. The van der Waals surface area contributed by atoms with E-state index in [1.165, 1.54) is 5.56 Å². The van der Waals surface area contributed by atoms with Crippen molar-refractivity contribution >= 4 is 22.4 Å². The lowest BCUT2D eigenvalue weighted by Crippen LogP contribution is -2.19. The molecule has 0 amide bonds. The van der Waals surface area contributed by atoms with Crippen molar-refractivity contribution in [2.24, 2.45) is 0 Å². The molecule has 3 aromatic carbocycles. The van der Waals surface area contributed by atoms with Crippen molar-refractivity contribution in [1.82, 2.24) is 0 Å². The standard InChI is InChI=1S/C28H18N4/c29-17-25(22-10-12-23(13-11-22)26(18-30)19-31)16-24-14-15-32(20-21-6-2-1-3-7-21)28-9-5-4-8-27(24)28/h1-16H,20H2/b24-16-. The summed E-state index contributed by atoms with van der Waals surface area (Å²) in [5.74, 6) is 0. The van der Waals surface area contributed by atoms with Gasteiger partial charge >= 0.3 is 0 Å². The van der Waals surface area contributed by atoms with Crippen LogP contribution in [0.4, 0.5) is 5.69 Å². The first-order valence-electron chi connectivity index (χ1n) is 10.1. The molecule has 1 aliphatic rings. The Morgan fingerprint density at radius 1 is 0.750 bits per heavy atom. The van der Waals surface area contributed by atoms with Gasteiger partial charge in [0.1, 0.15) is 17.7 Å². The Morgan fingerprint density at radius 3 is 2.09 bits per heavy atom. The van der Waals surface area contributed by atoms with E-state index in [1.54, 1.807) is 24.3 Å². The van der Waals surface area contributed by atoms with Crippen molar-refractivity contribution < 1.29 is 0 Å². The quantitative estimate of drug-likeness (QED) is 0.649. The molecule has 0 radical (unpaired) electrons. The Hall–Kier alpha value is -4.85. The highest BCUT2D eigenvalue weighted by Gasteiger charge is 2.16. The van der Waals surface area contributed by atoms with Crippen molar-refractivity contribution in [1.29, 1.82) is 15.8 Å². The van der Waals surface area contributed by atoms with Crippen LogP contribution in [0.25, 0.3) is 16.7 Å². The molecule has 1 heterocycles. The summed E-state index contributed by atoms with van der Waals surface area (Å²) in [5, 5.41) is 29.2. The van der Waals surface area contributed by atoms with E-state index >= 15 is 0 Å². The lowest BCUT2D eigenvalue weighted by molar-refractivity contribution is 0.960. The number of nitriles is 3. The van der Waals surface area contributed by atoms with Crippen molar-refractivity contribution in [2.75, 3.05) is 4.90 Å². The number of hydrogen-bond acceptors (Lipinski definition) is 4. The number of anilines is 1. The van der Waals surface area contributed by atoms with E-state index in [0.29, 0.717) is 10.8 Å². The second kappa shape index (κ2) is 9.31. The first-order chi connectivity index (χ1) is 15.7. The van der Waals surface area contributed by atoms with Crippen molar-refractivity contribution in [3.8, 4) is 18.2 Å². The second-order valence-electron chi connectivity index (χ2n) is 7.25. The van der Waals surface area contributed by atoms with Gasteiger partial charge in [-0.25, -0.2) is 0 Å². The maximum Gasteiger partial charge on any atom is 0.136 e. The van der Waals surface area contributed by atoms with Gasteiger partial charge in [0.25, 0.3) is 0 Å². The van der Waals surface area contributed by atoms with Gasteiger partial charge in [-0.05, 0) is 34.6 Å². The number of nitrogens with zero attached hydrogens (tertiary/aromatic N) is 4. The SMILES string of the molecule is N#CC(C#N)=c1ccc(=C(C#N)/C=C2/C=CN(Cc3ccccc3)c3ccccc32)cc1. The minimum absolute atomic E-state index is 0.0519. The predicted molar refractivity (Wildman–Crippen MR) is 126 cm³/mol. The van der Waals surface area contributed by atoms with Crippen LogP contribution in [0.3, 0.4) is 0 Å². The largest absolute Gasteiger partial charge is 0.343 e. The fourth-order valence-electron chi connectivity index (χ4n) is 3.66. The van der Waals surface area contributed by atoms with E-state index in [0.717, 1.165) is 28.6 Å². The molecule has 0 atom stereocenters. The highest BCUT2D eigenvalue weighted by molar-refractivity contribution is 5.92. The van der Waals surface area contributed by atoms with E-state index in [4.69, 9.17) is 10.5 Å². The van der Waals surface area contributed by atoms with Crippen molar-refractivity contribution in [3.63, 3.8) is 0 Å². The zero-order valence-corrected chi connectivity index (χ0v) is 17.2. The summed E-state index contributed by atoms with van der Waals surface area (Å²) in [6.07, 6.45) is 5.94. The van der Waals surface area contributed by atoms with Crippen LogP contribution >= 0.6 is 0 Å². The molecule has 0 aliphatic carbocycles. The highest BCUT2D eigenvalue weighted by atomic mass is 15.1. The summed E-state index contributed by atoms with van der Waals surface area (Å²) in [4.78, 5) is 2.20. The maximum absolute atomic E-state index is 9.80. The Morgan fingerprint density at radius 2 is 1.41 bits per heavy atom. The highest BCUT2D eigenvalue weighted by Crippen LogP contribution is 2.34. The lowest BCUT2D eigenvalue weighted by atomic mass is 9.97. The summed E-state index contributed by atoms with van der Waals surface area (Å²) < 4.78 is 0. The zero-order valence-electron chi connectivity index (χ0n) is 17.2. The topological polar surface area (TPSA) is 74.6 Å². The second-order valence-corrected chi connectivity index (χ2v) is 7.25. The first kappa shape index (κ1) is 20.4. The van der Waals surface area contributed by atoms with Gasteiger partial charge < -0.3 is 4.90 Å². The van der Waals surface area contributed by atoms with Gasteiger partial charge in [-0.3, -0.25) is 0 Å². The van der Waals surface area contributed by atoms with E-state index in [2.05, 4.69) is 35.2 Å². The smallest absolute Gasteiger partial charge is 0.136 e. The average Bonchev–Trinajstić information content (AvgIpc) is 2.85. The van der Waals surface area contributed by atoms with Crippen LogP contribution in [0, 0.1) is 34.0 Å². The van der Waals surface area contributed by atoms with Crippen LogP contribution in [-0.4, -0.2) is 0 Å². The van der Waals surface area contributed by atoms with Crippen molar-refractivity contribution in [3.05, 3.63) is 119 Å². The average molecular weight is 410 g/mol. The molecule has 3 aromatic rings. The summed E-state index contributed by atoms with van der Waals surface area (Å²) in [7, 11) is 0. The Bertz CT molecular complexity index is 1430. The third kappa shape index (κ3) is 4.19. The number of hydrogen-bond donors (Lipinski definition) is 0. The molecule has 1 aliphatic heterocycles. The van der Waals surface area contributed by atoms with Gasteiger partial charge in [-0.2, -0.15) is 15.8 Å². The van der Waals surface area contributed by atoms with E-state index in [1.807, 2.05) is 60.8 Å². The molecule has 0 unspecified atom stereocenters. The van der Waals surface area contributed by atoms with Gasteiger partial charge in [0.15, 0.2) is 0 Å². The van der Waals surface area contributed by atoms with E-state index in [9.17, 15) is 5.26 Å². The minimum Gasteiger partial charge on any atom is -0.343 e. The van der Waals surface area contributed by atoms with Crippen LogP contribution < -0.4 is 15.3 Å². The van der Waals surface area contributed by atoms with Crippen LogP contribution in [0.1, 0.15) is 11.1 Å². The fraction of sp³-hybridized carbons (Fsp3) is 0.0357. The van der Waals surface area contributed by atoms with E-state index in [-0.39, 0.29) is 5.57 Å². The lowest BCUT2D eigenvalue weighted by Gasteiger charge is -2.28. The molecule has 4 rings (SSSR count). The molecule has 0 saturated heterocycles. The molecular formula is C28H18N4. The summed E-state index contributed by atoms with van der Waals surface area (Å²) >= 11 is 0. The third-order valence-electron chi connectivity index (χ3n) is 5.28. The Labute approximate surface area is 186 Å². The number of benzene rings is 3. The summed E-state index contributed by atoms with van der Waals surface area (Å²) in [6.45, 7) is 0.758. The Balaban J connectivity index is 1.76. The normalized spacial score (nSPS) is 12.9. The molecule has 4 heteroatoms. The van der Waals surface area contributed by atoms with Crippen LogP contribution in [0.5, 0.6) is 0 Å². The van der Waals surface area contributed by atoms with Gasteiger partial charge in [0, 0.05) is 29.2 Å². The Kier molecular flexibility index (Phi) is 5.94. The van der Waals surface area contributed by atoms with E-state index < -0.39 is 0 Å². The molecule has 4 nitrogen and oxygen atoms in total. The molecule has 0 spiro atoms. The molecule has 0 fully saturated rings.